The highest BCUT2D eigenvalue weighted by atomic mass is 16.5. The van der Waals surface area contributed by atoms with E-state index in [2.05, 4.69) is 29.4 Å². The van der Waals surface area contributed by atoms with Crippen LogP contribution in [0.3, 0.4) is 0 Å². The number of nitrogens with zero attached hydrogens (tertiary/aromatic N) is 3. The lowest BCUT2D eigenvalue weighted by Crippen LogP contribution is -2.34. The molecular weight excluding hydrogens is 320 g/mol. The van der Waals surface area contributed by atoms with Crippen LogP contribution in [0.25, 0.3) is 0 Å². The number of aromatic nitrogens is 2. The molecule has 3 rings (SSSR count). The Morgan fingerprint density at radius 3 is 2.92 bits per heavy atom. The first-order valence-corrected chi connectivity index (χ1v) is 8.64. The maximum atomic E-state index is 12.8. The van der Waals surface area contributed by atoms with Gasteiger partial charge < -0.3 is 19.4 Å². The molecule has 1 aromatic heterocycles. The second kappa shape index (κ2) is 7.55. The fourth-order valence-electron chi connectivity index (χ4n) is 2.85. The molecule has 25 heavy (non-hydrogen) atoms. The van der Waals surface area contributed by atoms with Crippen molar-refractivity contribution in [3.05, 3.63) is 36.0 Å². The highest BCUT2D eigenvalue weighted by Gasteiger charge is 2.34. The standard InChI is InChI=1S/C18H24N4O3/c1-12(2)11-24-16-9-5-4-7-14(16)19-18(23)22-10-6-8-15(22)17-21-20-13(3)25-17/h4-5,7,9,12,15H,6,8,10-11H2,1-3H3,(H,19,23). The van der Waals surface area contributed by atoms with E-state index in [1.165, 1.54) is 0 Å². The molecule has 1 aromatic carbocycles. The second-order valence-corrected chi connectivity index (χ2v) is 6.64. The van der Waals surface area contributed by atoms with Crippen molar-refractivity contribution in [2.45, 2.75) is 39.7 Å². The van der Waals surface area contributed by atoms with E-state index in [-0.39, 0.29) is 12.1 Å². The molecule has 2 amide bonds. The zero-order valence-corrected chi connectivity index (χ0v) is 14.9. The van der Waals surface area contributed by atoms with Crippen LogP contribution < -0.4 is 10.1 Å². The number of anilines is 1. The van der Waals surface area contributed by atoms with Gasteiger partial charge in [0.05, 0.1) is 12.3 Å². The lowest BCUT2D eigenvalue weighted by atomic mass is 10.2. The number of rotatable bonds is 5. The highest BCUT2D eigenvalue weighted by Crippen LogP contribution is 2.32. The van der Waals surface area contributed by atoms with Crippen molar-refractivity contribution in [2.75, 3.05) is 18.5 Å². The topological polar surface area (TPSA) is 80.5 Å². The second-order valence-electron chi connectivity index (χ2n) is 6.64. The molecule has 1 saturated heterocycles. The van der Waals surface area contributed by atoms with Crippen LogP contribution in [0.15, 0.2) is 28.7 Å². The van der Waals surface area contributed by atoms with Gasteiger partial charge in [-0.2, -0.15) is 0 Å². The average Bonchev–Trinajstić information content (AvgIpc) is 3.22. The van der Waals surface area contributed by atoms with E-state index < -0.39 is 0 Å². The van der Waals surface area contributed by atoms with Crippen LogP contribution in [0.2, 0.25) is 0 Å². The van der Waals surface area contributed by atoms with Gasteiger partial charge in [0.25, 0.3) is 0 Å². The van der Waals surface area contributed by atoms with Crippen LogP contribution in [-0.2, 0) is 0 Å². The highest BCUT2D eigenvalue weighted by molar-refractivity contribution is 5.91. The number of hydrogen-bond donors (Lipinski definition) is 1. The largest absolute Gasteiger partial charge is 0.491 e. The fourth-order valence-corrected chi connectivity index (χ4v) is 2.85. The molecule has 0 aliphatic carbocycles. The number of amides is 2. The Kier molecular flexibility index (Phi) is 5.21. The lowest BCUT2D eigenvalue weighted by Gasteiger charge is -2.23. The fraction of sp³-hybridized carbons (Fsp3) is 0.500. The first kappa shape index (κ1) is 17.3. The van der Waals surface area contributed by atoms with E-state index in [1.807, 2.05) is 24.3 Å². The summed E-state index contributed by atoms with van der Waals surface area (Å²) in [6.45, 7) is 7.18. The van der Waals surface area contributed by atoms with Gasteiger partial charge in [0, 0.05) is 13.5 Å². The van der Waals surface area contributed by atoms with E-state index in [1.54, 1.807) is 11.8 Å². The molecule has 1 aliphatic rings. The quantitative estimate of drug-likeness (QED) is 0.893. The normalized spacial score (nSPS) is 17.1. The van der Waals surface area contributed by atoms with Crippen LogP contribution in [0, 0.1) is 12.8 Å². The van der Waals surface area contributed by atoms with Gasteiger partial charge in [-0.15, -0.1) is 10.2 Å². The minimum atomic E-state index is -0.182. The van der Waals surface area contributed by atoms with Crippen molar-refractivity contribution < 1.29 is 13.9 Å². The Morgan fingerprint density at radius 1 is 1.40 bits per heavy atom. The molecule has 2 heterocycles. The van der Waals surface area contributed by atoms with Crippen molar-refractivity contribution in [2.24, 2.45) is 5.92 Å². The van der Waals surface area contributed by atoms with E-state index in [0.29, 0.717) is 42.3 Å². The molecule has 134 valence electrons. The zero-order valence-electron chi connectivity index (χ0n) is 14.9. The maximum Gasteiger partial charge on any atom is 0.322 e. The summed E-state index contributed by atoms with van der Waals surface area (Å²) in [6.07, 6.45) is 1.73. The summed E-state index contributed by atoms with van der Waals surface area (Å²) in [5.74, 6) is 2.09. The number of likely N-dealkylation sites (tertiary alicyclic amines) is 1. The molecule has 0 spiro atoms. The van der Waals surface area contributed by atoms with E-state index in [4.69, 9.17) is 9.15 Å². The van der Waals surface area contributed by atoms with Crippen molar-refractivity contribution >= 4 is 11.7 Å². The average molecular weight is 344 g/mol. The molecule has 1 unspecified atom stereocenters. The van der Waals surface area contributed by atoms with Crippen LogP contribution in [0.5, 0.6) is 5.75 Å². The first-order valence-electron chi connectivity index (χ1n) is 8.64. The van der Waals surface area contributed by atoms with Gasteiger partial charge >= 0.3 is 6.03 Å². The Bertz CT molecular complexity index is 729. The van der Waals surface area contributed by atoms with Gasteiger partial charge in [-0.05, 0) is 30.9 Å². The van der Waals surface area contributed by atoms with E-state index >= 15 is 0 Å². The number of ether oxygens (including phenoxy) is 1. The number of urea groups is 1. The number of aryl methyl sites for hydroxylation is 1. The molecule has 0 radical (unpaired) electrons. The molecular formula is C18H24N4O3. The summed E-state index contributed by atoms with van der Waals surface area (Å²) in [4.78, 5) is 14.5. The number of para-hydroxylation sites is 2. The third-order valence-corrected chi connectivity index (χ3v) is 4.04. The van der Waals surface area contributed by atoms with Gasteiger partial charge in [0.2, 0.25) is 11.8 Å². The molecule has 1 atom stereocenters. The minimum absolute atomic E-state index is 0.176. The molecule has 1 fully saturated rings. The van der Waals surface area contributed by atoms with Gasteiger partial charge in [-0.1, -0.05) is 26.0 Å². The van der Waals surface area contributed by atoms with Crippen LogP contribution >= 0.6 is 0 Å². The lowest BCUT2D eigenvalue weighted by molar-refractivity contribution is 0.197. The molecule has 7 nitrogen and oxygen atoms in total. The third kappa shape index (κ3) is 4.10. The SMILES string of the molecule is Cc1nnc(C2CCCN2C(=O)Nc2ccccc2OCC(C)C)o1. The summed E-state index contributed by atoms with van der Waals surface area (Å²) >= 11 is 0. The van der Waals surface area contributed by atoms with Gasteiger partial charge in [0.1, 0.15) is 11.8 Å². The summed E-state index contributed by atoms with van der Waals surface area (Å²) in [5.41, 5.74) is 0.667. The molecule has 0 saturated carbocycles. The Morgan fingerprint density at radius 2 is 2.20 bits per heavy atom. The summed E-state index contributed by atoms with van der Waals surface area (Å²) in [5, 5.41) is 10.9. The minimum Gasteiger partial charge on any atom is -0.491 e. The molecule has 2 aromatic rings. The third-order valence-electron chi connectivity index (χ3n) is 4.04. The van der Waals surface area contributed by atoms with Crippen LogP contribution in [0.1, 0.15) is 44.5 Å². The van der Waals surface area contributed by atoms with E-state index in [9.17, 15) is 4.79 Å². The zero-order chi connectivity index (χ0) is 17.8. The molecule has 1 aliphatic heterocycles. The number of carbonyl (C=O) groups is 1. The van der Waals surface area contributed by atoms with Crippen LogP contribution in [0.4, 0.5) is 10.5 Å². The molecule has 0 bridgehead atoms. The number of carbonyl (C=O) groups excluding carboxylic acids is 1. The molecule has 1 N–H and O–H groups in total. The molecule has 7 heteroatoms. The monoisotopic (exact) mass is 344 g/mol. The number of benzene rings is 1. The number of hydrogen-bond acceptors (Lipinski definition) is 5. The smallest absolute Gasteiger partial charge is 0.322 e. The van der Waals surface area contributed by atoms with Crippen molar-refractivity contribution in [1.82, 2.24) is 15.1 Å². The Hall–Kier alpha value is -2.57. The summed E-state index contributed by atoms with van der Waals surface area (Å²) in [7, 11) is 0. The Balaban J connectivity index is 1.71. The van der Waals surface area contributed by atoms with Crippen molar-refractivity contribution in [3.8, 4) is 5.75 Å². The summed E-state index contributed by atoms with van der Waals surface area (Å²) < 4.78 is 11.3. The van der Waals surface area contributed by atoms with Gasteiger partial charge in [-0.3, -0.25) is 0 Å². The van der Waals surface area contributed by atoms with Gasteiger partial charge in [-0.25, -0.2) is 4.79 Å². The number of nitrogens with one attached hydrogen (secondary N) is 1. The predicted octanol–water partition coefficient (Wildman–Crippen LogP) is 3.78. The van der Waals surface area contributed by atoms with Crippen molar-refractivity contribution in [1.29, 1.82) is 0 Å². The van der Waals surface area contributed by atoms with Gasteiger partial charge in [0.15, 0.2) is 0 Å². The first-order chi connectivity index (χ1) is 12.0. The van der Waals surface area contributed by atoms with E-state index in [0.717, 1.165) is 12.8 Å². The van der Waals surface area contributed by atoms with Crippen LogP contribution in [-0.4, -0.2) is 34.3 Å². The predicted molar refractivity (Wildman–Crippen MR) is 93.5 cm³/mol. The Labute approximate surface area is 147 Å². The maximum absolute atomic E-state index is 12.8. The summed E-state index contributed by atoms with van der Waals surface area (Å²) in [6, 6.07) is 7.12. The van der Waals surface area contributed by atoms with Crippen molar-refractivity contribution in [3.63, 3.8) is 0 Å².